The van der Waals surface area contributed by atoms with Crippen molar-refractivity contribution in [1.29, 1.82) is 0 Å². The highest BCUT2D eigenvalue weighted by atomic mass is 35.5. The molecule has 1 aromatic rings. The van der Waals surface area contributed by atoms with Gasteiger partial charge in [0.15, 0.2) is 12.1 Å². The zero-order valence-corrected chi connectivity index (χ0v) is 13.2. The van der Waals surface area contributed by atoms with Crippen molar-refractivity contribution in [3.8, 4) is 0 Å². The molecule has 2 N–H and O–H groups in total. The third-order valence-electron chi connectivity index (χ3n) is 4.22. The van der Waals surface area contributed by atoms with Gasteiger partial charge in [-0.25, -0.2) is 18.7 Å². The molecule has 0 bridgehead atoms. The Bertz CT molecular complexity index is 532. The van der Waals surface area contributed by atoms with Gasteiger partial charge in [-0.2, -0.15) is 0 Å². The molecule has 8 heteroatoms. The fourth-order valence-electron chi connectivity index (χ4n) is 3.12. The fraction of sp³-hybridized carbons (Fsp3) is 0.714. The Balaban J connectivity index is 1.83. The molecule has 1 unspecified atom stereocenters. The van der Waals surface area contributed by atoms with E-state index in [2.05, 4.69) is 25.5 Å². The minimum absolute atomic E-state index is 0.0375. The van der Waals surface area contributed by atoms with Crippen molar-refractivity contribution >= 4 is 23.1 Å². The van der Waals surface area contributed by atoms with Gasteiger partial charge in [-0.05, 0) is 19.8 Å². The van der Waals surface area contributed by atoms with Crippen LogP contribution in [0.4, 0.5) is 20.3 Å². The lowest BCUT2D eigenvalue weighted by Gasteiger charge is -2.38. The van der Waals surface area contributed by atoms with Crippen LogP contribution >= 0.6 is 11.6 Å². The topological polar surface area (TPSA) is 53.1 Å². The zero-order valence-electron chi connectivity index (χ0n) is 12.5. The first kappa shape index (κ1) is 15.7. The van der Waals surface area contributed by atoms with Gasteiger partial charge in [0, 0.05) is 31.3 Å². The fourth-order valence-corrected chi connectivity index (χ4v) is 3.23. The molecule has 1 saturated carbocycles. The summed E-state index contributed by atoms with van der Waals surface area (Å²) in [6, 6.07) is 0.0375. The van der Waals surface area contributed by atoms with Gasteiger partial charge in [-0.15, -0.1) is 11.6 Å². The smallest absolute Gasteiger partial charge is 0.248 e. The van der Waals surface area contributed by atoms with E-state index in [0.29, 0.717) is 31.1 Å². The first-order chi connectivity index (χ1) is 10.5. The third kappa shape index (κ3) is 3.10. The number of hydrogen-bond donors (Lipinski definition) is 2. The molecule has 2 aliphatic rings. The summed E-state index contributed by atoms with van der Waals surface area (Å²) in [4.78, 5) is 10.8. The molecule has 0 saturated heterocycles. The number of aromatic nitrogens is 2. The lowest BCUT2D eigenvalue weighted by Crippen LogP contribution is -2.53. The molecule has 122 valence electrons. The van der Waals surface area contributed by atoms with Crippen LogP contribution < -0.4 is 15.5 Å². The Morgan fingerprint density at radius 2 is 2.18 bits per heavy atom. The molecule has 5 nitrogen and oxygen atoms in total. The monoisotopic (exact) mass is 331 g/mol. The van der Waals surface area contributed by atoms with Gasteiger partial charge in [0.2, 0.25) is 5.92 Å². The van der Waals surface area contributed by atoms with Gasteiger partial charge in [-0.3, -0.25) is 5.32 Å². The SMILES string of the molecule is Cc1ncc2c(n1)N(C1CCC(F)(F)CC1)C(NCCCl)N2. The van der Waals surface area contributed by atoms with E-state index in [1.165, 1.54) is 0 Å². The summed E-state index contributed by atoms with van der Waals surface area (Å²) < 4.78 is 26.9. The minimum atomic E-state index is -2.53. The van der Waals surface area contributed by atoms with Crippen LogP contribution in [0.5, 0.6) is 0 Å². The standard InChI is InChI=1S/C14H20ClF2N5/c1-9-19-8-11-12(20-9)22(13(21-11)18-7-6-15)10-2-4-14(16,17)5-3-10/h8,10,13,18,21H,2-7H2,1H3. The summed E-state index contributed by atoms with van der Waals surface area (Å²) in [6.07, 6.45) is 2.32. The summed E-state index contributed by atoms with van der Waals surface area (Å²) >= 11 is 5.75. The quantitative estimate of drug-likeness (QED) is 0.831. The van der Waals surface area contributed by atoms with Gasteiger partial charge in [0.1, 0.15) is 5.82 Å². The third-order valence-corrected chi connectivity index (χ3v) is 4.41. The molecule has 1 fully saturated rings. The van der Waals surface area contributed by atoms with Crippen molar-refractivity contribution in [3.05, 3.63) is 12.0 Å². The molecule has 1 aromatic heterocycles. The molecule has 1 aliphatic carbocycles. The number of rotatable bonds is 4. The molecular weight excluding hydrogens is 312 g/mol. The Labute approximate surface area is 133 Å². The highest BCUT2D eigenvalue weighted by molar-refractivity contribution is 6.18. The highest BCUT2D eigenvalue weighted by Crippen LogP contribution is 2.40. The molecule has 1 aliphatic heterocycles. The van der Waals surface area contributed by atoms with Gasteiger partial charge in [0.25, 0.3) is 0 Å². The predicted molar refractivity (Wildman–Crippen MR) is 82.6 cm³/mol. The molecule has 0 radical (unpaired) electrons. The van der Waals surface area contributed by atoms with Gasteiger partial charge >= 0.3 is 0 Å². The molecular formula is C14H20ClF2N5. The molecule has 22 heavy (non-hydrogen) atoms. The molecule has 0 spiro atoms. The van der Waals surface area contributed by atoms with E-state index in [4.69, 9.17) is 11.6 Å². The second-order valence-corrected chi connectivity index (χ2v) is 6.22. The number of hydrogen-bond acceptors (Lipinski definition) is 5. The Morgan fingerprint density at radius 1 is 1.45 bits per heavy atom. The zero-order chi connectivity index (χ0) is 15.7. The van der Waals surface area contributed by atoms with Gasteiger partial charge in [0.05, 0.1) is 11.9 Å². The predicted octanol–water partition coefficient (Wildman–Crippen LogP) is 2.71. The van der Waals surface area contributed by atoms with Crippen LogP contribution in [0.2, 0.25) is 0 Å². The van der Waals surface area contributed by atoms with Crippen LogP contribution in [0, 0.1) is 6.92 Å². The summed E-state index contributed by atoms with van der Waals surface area (Å²) in [5, 5.41) is 6.60. The summed E-state index contributed by atoms with van der Waals surface area (Å²) in [5.41, 5.74) is 0.829. The van der Waals surface area contributed by atoms with Gasteiger partial charge in [-0.1, -0.05) is 0 Å². The minimum Gasteiger partial charge on any atom is -0.349 e. The van der Waals surface area contributed by atoms with Crippen molar-refractivity contribution < 1.29 is 8.78 Å². The second kappa shape index (κ2) is 6.12. The van der Waals surface area contributed by atoms with E-state index in [1.807, 2.05) is 6.92 Å². The van der Waals surface area contributed by atoms with Crippen molar-refractivity contribution in [2.45, 2.75) is 50.9 Å². The van der Waals surface area contributed by atoms with E-state index in [-0.39, 0.29) is 25.2 Å². The lowest BCUT2D eigenvalue weighted by molar-refractivity contribution is -0.0385. The largest absolute Gasteiger partial charge is 0.349 e. The molecule has 2 heterocycles. The Morgan fingerprint density at radius 3 is 2.86 bits per heavy atom. The summed E-state index contributed by atoms with van der Waals surface area (Å²) in [7, 11) is 0. The number of alkyl halides is 3. The number of aryl methyl sites for hydroxylation is 1. The van der Waals surface area contributed by atoms with Crippen LogP contribution in [-0.2, 0) is 0 Å². The molecule has 0 amide bonds. The molecule has 0 aromatic carbocycles. The normalized spacial score (nSPS) is 24.2. The van der Waals surface area contributed by atoms with Crippen LogP contribution in [0.25, 0.3) is 0 Å². The second-order valence-electron chi connectivity index (χ2n) is 5.84. The number of fused-ring (bicyclic) bond motifs is 1. The maximum absolute atomic E-state index is 13.4. The van der Waals surface area contributed by atoms with E-state index in [0.717, 1.165) is 11.5 Å². The number of nitrogens with zero attached hydrogens (tertiary/aromatic N) is 3. The first-order valence-corrected chi connectivity index (χ1v) is 8.09. The van der Waals surface area contributed by atoms with Crippen molar-refractivity contribution in [1.82, 2.24) is 15.3 Å². The summed E-state index contributed by atoms with van der Waals surface area (Å²) in [5.74, 6) is -0.595. The summed E-state index contributed by atoms with van der Waals surface area (Å²) in [6.45, 7) is 2.45. The van der Waals surface area contributed by atoms with E-state index in [1.54, 1.807) is 6.20 Å². The van der Waals surface area contributed by atoms with E-state index in [9.17, 15) is 8.78 Å². The first-order valence-electron chi connectivity index (χ1n) is 7.56. The number of halogens is 3. The maximum Gasteiger partial charge on any atom is 0.248 e. The number of nitrogens with one attached hydrogen (secondary N) is 2. The van der Waals surface area contributed by atoms with Crippen LogP contribution in [0.1, 0.15) is 31.5 Å². The van der Waals surface area contributed by atoms with E-state index >= 15 is 0 Å². The lowest BCUT2D eigenvalue weighted by atomic mass is 9.91. The Hall–Kier alpha value is -1.21. The molecule has 1 atom stereocenters. The van der Waals surface area contributed by atoms with Crippen molar-refractivity contribution in [2.75, 3.05) is 22.6 Å². The van der Waals surface area contributed by atoms with Crippen LogP contribution in [0.15, 0.2) is 6.20 Å². The van der Waals surface area contributed by atoms with Gasteiger partial charge < -0.3 is 10.2 Å². The van der Waals surface area contributed by atoms with Crippen LogP contribution in [0.3, 0.4) is 0 Å². The number of anilines is 2. The Kier molecular flexibility index (Phi) is 4.36. The van der Waals surface area contributed by atoms with Crippen molar-refractivity contribution in [2.24, 2.45) is 0 Å². The van der Waals surface area contributed by atoms with Crippen molar-refractivity contribution in [3.63, 3.8) is 0 Å². The van der Waals surface area contributed by atoms with E-state index < -0.39 is 5.92 Å². The van der Waals surface area contributed by atoms with Crippen LogP contribution in [-0.4, -0.2) is 40.6 Å². The average molecular weight is 332 g/mol. The highest BCUT2D eigenvalue weighted by Gasteiger charge is 2.41. The average Bonchev–Trinajstić information content (AvgIpc) is 2.83. The molecule has 3 rings (SSSR count). The maximum atomic E-state index is 13.4.